The Hall–Kier alpha value is -1.88. The first-order valence-electron chi connectivity index (χ1n) is 6.79. The highest BCUT2D eigenvalue weighted by Crippen LogP contribution is 2.25. The Kier molecular flexibility index (Phi) is 5.70. The monoisotopic (exact) mass is 278 g/mol. The van der Waals surface area contributed by atoms with Gasteiger partial charge in [0, 0.05) is 13.1 Å². The van der Waals surface area contributed by atoms with Crippen molar-refractivity contribution >= 4 is 11.9 Å². The van der Waals surface area contributed by atoms with E-state index in [-0.39, 0.29) is 11.5 Å². The van der Waals surface area contributed by atoms with Crippen LogP contribution in [0.2, 0.25) is 0 Å². The quantitative estimate of drug-likeness (QED) is 0.708. The van der Waals surface area contributed by atoms with Crippen LogP contribution in [-0.4, -0.2) is 23.5 Å². The molecule has 4 N–H and O–H groups in total. The van der Waals surface area contributed by atoms with E-state index in [1.54, 1.807) is 12.1 Å². The van der Waals surface area contributed by atoms with Crippen molar-refractivity contribution in [2.75, 3.05) is 6.54 Å². The lowest BCUT2D eigenvalue weighted by atomic mass is 9.81. The lowest BCUT2D eigenvalue weighted by Gasteiger charge is -2.28. The number of nitrogens with one attached hydrogen (secondary N) is 1. The van der Waals surface area contributed by atoms with E-state index in [1.807, 2.05) is 13.8 Å². The molecule has 0 atom stereocenters. The van der Waals surface area contributed by atoms with E-state index >= 15 is 0 Å². The van der Waals surface area contributed by atoms with Gasteiger partial charge in [0.05, 0.1) is 11.0 Å². The zero-order chi connectivity index (χ0) is 15.2. The third-order valence-electron chi connectivity index (χ3n) is 3.88. The second kappa shape index (κ2) is 7.05. The smallest absolute Gasteiger partial charge is 0.335 e. The molecule has 0 aliphatic heterocycles. The van der Waals surface area contributed by atoms with Gasteiger partial charge in [0.25, 0.3) is 0 Å². The maximum atomic E-state index is 12.2. The Labute approximate surface area is 119 Å². The largest absolute Gasteiger partial charge is 0.478 e. The highest BCUT2D eigenvalue weighted by atomic mass is 16.4. The fourth-order valence-electron chi connectivity index (χ4n) is 2.09. The number of nitrogens with two attached hydrogens (primary N) is 1. The lowest BCUT2D eigenvalue weighted by Crippen LogP contribution is -2.45. The van der Waals surface area contributed by atoms with Gasteiger partial charge in [-0.2, -0.15) is 0 Å². The van der Waals surface area contributed by atoms with Crippen LogP contribution in [0.3, 0.4) is 0 Å². The Morgan fingerprint density at radius 1 is 1.20 bits per heavy atom. The molecule has 0 aromatic heterocycles. The van der Waals surface area contributed by atoms with Crippen molar-refractivity contribution < 1.29 is 14.7 Å². The van der Waals surface area contributed by atoms with Crippen LogP contribution in [0.5, 0.6) is 0 Å². The van der Waals surface area contributed by atoms with Crippen molar-refractivity contribution in [2.45, 2.75) is 33.2 Å². The van der Waals surface area contributed by atoms with Crippen LogP contribution in [0.4, 0.5) is 0 Å². The van der Waals surface area contributed by atoms with Crippen LogP contribution in [-0.2, 0) is 11.3 Å². The minimum absolute atomic E-state index is 0.0488. The average molecular weight is 278 g/mol. The number of carboxylic acid groups (broad SMARTS) is 1. The van der Waals surface area contributed by atoms with E-state index in [0.717, 1.165) is 5.56 Å². The zero-order valence-electron chi connectivity index (χ0n) is 12.0. The molecule has 0 fully saturated rings. The summed E-state index contributed by atoms with van der Waals surface area (Å²) in [5, 5.41) is 11.7. The predicted molar refractivity (Wildman–Crippen MR) is 77.3 cm³/mol. The van der Waals surface area contributed by atoms with Gasteiger partial charge < -0.3 is 16.2 Å². The summed E-state index contributed by atoms with van der Waals surface area (Å²) in [6.45, 7) is 4.61. The number of carboxylic acids is 1. The first-order chi connectivity index (χ1) is 9.49. The van der Waals surface area contributed by atoms with Gasteiger partial charge in [0.15, 0.2) is 0 Å². The summed E-state index contributed by atoms with van der Waals surface area (Å²) >= 11 is 0. The molecule has 0 radical (unpaired) electrons. The second-order valence-corrected chi connectivity index (χ2v) is 4.88. The van der Waals surface area contributed by atoms with Crippen LogP contribution in [0.25, 0.3) is 0 Å². The maximum Gasteiger partial charge on any atom is 0.335 e. The summed E-state index contributed by atoms with van der Waals surface area (Å²) in [4.78, 5) is 23.0. The van der Waals surface area contributed by atoms with Gasteiger partial charge in [-0.25, -0.2) is 4.79 Å². The molecule has 0 saturated carbocycles. The molecule has 0 spiro atoms. The first-order valence-corrected chi connectivity index (χ1v) is 6.79. The standard InChI is InChI=1S/C15H22N2O3/c1-3-15(4-2,10-16)14(20)17-9-11-5-7-12(8-6-11)13(18)19/h5-8H,3-4,9-10,16H2,1-2H3,(H,17,20)(H,18,19). The first kappa shape index (κ1) is 16.2. The summed E-state index contributed by atoms with van der Waals surface area (Å²) in [5.74, 6) is -1.01. The molecule has 0 aliphatic carbocycles. The summed E-state index contributed by atoms with van der Waals surface area (Å²) < 4.78 is 0. The SMILES string of the molecule is CCC(CC)(CN)C(=O)NCc1ccc(C(=O)O)cc1. The Bertz CT molecular complexity index is 456. The lowest BCUT2D eigenvalue weighted by molar-refractivity contribution is -0.131. The molecule has 5 heteroatoms. The third kappa shape index (κ3) is 3.57. The van der Waals surface area contributed by atoms with Gasteiger partial charge in [-0.05, 0) is 30.5 Å². The van der Waals surface area contributed by atoms with Gasteiger partial charge in [-0.1, -0.05) is 26.0 Å². The molecule has 5 nitrogen and oxygen atoms in total. The molecule has 0 heterocycles. The summed E-state index contributed by atoms with van der Waals surface area (Å²) in [5.41, 5.74) is 6.31. The number of hydrogen-bond acceptors (Lipinski definition) is 3. The van der Waals surface area contributed by atoms with Crippen molar-refractivity contribution in [3.63, 3.8) is 0 Å². The van der Waals surface area contributed by atoms with Crippen molar-refractivity contribution in [1.29, 1.82) is 0 Å². The minimum Gasteiger partial charge on any atom is -0.478 e. The molecule has 1 aromatic carbocycles. The summed E-state index contributed by atoms with van der Waals surface area (Å²) in [7, 11) is 0. The topological polar surface area (TPSA) is 92.4 Å². The van der Waals surface area contributed by atoms with E-state index in [0.29, 0.717) is 25.9 Å². The number of amides is 1. The maximum absolute atomic E-state index is 12.2. The van der Waals surface area contributed by atoms with E-state index in [2.05, 4.69) is 5.32 Å². The van der Waals surface area contributed by atoms with Crippen molar-refractivity contribution in [1.82, 2.24) is 5.32 Å². The Morgan fingerprint density at radius 3 is 2.15 bits per heavy atom. The van der Waals surface area contributed by atoms with Crippen LogP contribution in [0.1, 0.15) is 42.6 Å². The molecule has 0 saturated heterocycles. The molecule has 1 rings (SSSR count). The number of aromatic carboxylic acids is 1. The van der Waals surface area contributed by atoms with Crippen molar-refractivity contribution in [3.05, 3.63) is 35.4 Å². The number of rotatable bonds is 7. The van der Waals surface area contributed by atoms with E-state index in [1.165, 1.54) is 12.1 Å². The van der Waals surface area contributed by atoms with E-state index in [9.17, 15) is 9.59 Å². The van der Waals surface area contributed by atoms with Crippen molar-refractivity contribution in [3.8, 4) is 0 Å². The fourth-order valence-corrected chi connectivity index (χ4v) is 2.09. The molecule has 110 valence electrons. The second-order valence-electron chi connectivity index (χ2n) is 4.88. The van der Waals surface area contributed by atoms with E-state index < -0.39 is 11.4 Å². The number of benzene rings is 1. The Morgan fingerprint density at radius 2 is 1.75 bits per heavy atom. The van der Waals surface area contributed by atoms with Crippen LogP contribution in [0, 0.1) is 5.41 Å². The van der Waals surface area contributed by atoms with Gasteiger partial charge >= 0.3 is 5.97 Å². The molecule has 0 aliphatic rings. The molecule has 0 bridgehead atoms. The number of carbonyl (C=O) groups excluding carboxylic acids is 1. The molecule has 1 aromatic rings. The third-order valence-corrected chi connectivity index (χ3v) is 3.88. The summed E-state index contributed by atoms with van der Waals surface area (Å²) in [6, 6.07) is 6.46. The van der Waals surface area contributed by atoms with Gasteiger partial charge in [0.1, 0.15) is 0 Å². The predicted octanol–water partition coefficient (Wildman–Crippen LogP) is 1.77. The van der Waals surface area contributed by atoms with E-state index in [4.69, 9.17) is 10.8 Å². The molecule has 20 heavy (non-hydrogen) atoms. The zero-order valence-corrected chi connectivity index (χ0v) is 12.0. The van der Waals surface area contributed by atoms with Crippen molar-refractivity contribution in [2.24, 2.45) is 11.1 Å². The molecular weight excluding hydrogens is 256 g/mol. The fraction of sp³-hybridized carbons (Fsp3) is 0.467. The average Bonchev–Trinajstić information content (AvgIpc) is 2.48. The van der Waals surface area contributed by atoms with Crippen LogP contribution in [0.15, 0.2) is 24.3 Å². The van der Waals surface area contributed by atoms with Crippen LogP contribution >= 0.6 is 0 Å². The highest BCUT2D eigenvalue weighted by Gasteiger charge is 2.32. The number of carbonyl (C=O) groups is 2. The van der Waals surface area contributed by atoms with Gasteiger partial charge in [-0.15, -0.1) is 0 Å². The van der Waals surface area contributed by atoms with Gasteiger partial charge in [-0.3, -0.25) is 4.79 Å². The summed E-state index contributed by atoms with van der Waals surface area (Å²) in [6.07, 6.45) is 1.40. The number of hydrogen-bond donors (Lipinski definition) is 3. The molecular formula is C15H22N2O3. The van der Waals surface area contributed by atoms with Gasteiger partial charge in [0.2, 0.25) is 5.91 Å². The normalized spacial score (nSPS) is 11.2. The molecule has 0 unspecified atom stereocenters. The minimum atomic E-state index is -0.959. The highest BCUT2D eigenvalue weighted by molar-refractivity contribution is 5.87. The molecule has 1 amide bonds. The Balaban J connectivity index is 2.67. The van der Waals surface area contributed by atoms with Crippen LogP contribution < -0.4 is 11.1 Å².